The van der Waals surface area contributed by atoms with Crippen LogP contribution in [-0.4, -0.2) is 0 Å². The summed E-state index contributed by atoms with van der Waals surface area (Å²) in [6, 6.07) is 0. The normalized spacial score (nSPS) is 24.8. The summed E-state index contributed by atoms with van der Waals surface area (Å²) in [6.07, 6.45) is 7.90. The number of hydrogen-bond donors (Lipinski definition) is 0. The van der Waals surface area contributed by atoms with E-state index in [1.54, 1.807) is 0 Å². The van der Waals surface area contributed by atoms with Crippen molar-refractivity contribution in [2.24, 2.45) is 5.41 Å². The predicted octanol–water partition coefficient (Wildman–Crippen LogP) is 2.79. The Bertz CT molecular complexity index is 56.6. The summed E-state index contributed by atoms with van der Waals surface area (Å²) < 4.78 is 0. The topological polar surface area (TPSA) is 0 Å². The Hall–Kier alpha value is 0. The fourth-order valence-corrected chi connectivity index (χ4v) is 1.38. The summed E-state index contributed by atoms with van der Waals surface area (Å²) in [5.74, 6) is 0. The van der Waals surface area contributed by atoms with Crippen LogP contribution in [0.1, 0.15) is 39.5 Å². The van der Waals surface area contributed by atoms with Crippen molar-refractivity contribution < 1.29 is 0 Å². The largest absolute Gasteiger partial charge is 0.0649 e. The molecule has 0 bridgehead atoms. The molecule has 1 fully saturated rings. The molecule has 47 valence electrons. The lowest BCUT2D eigenvalue weighted by molar-refractivity contribution is 0.181. The maximum atomic E-state index is 2.40. The highest BCUT2D eigenvalue weighted by Gasteiger charge is 2.32. The molecule has 1 saturated carbocycles. The number of hydrogen-bond acceptors (Lipinski definition) is 0. The zero-order valence-corrected chi connectivity index (χ0v) is 5.91. The van der Waals surface area contributed by atoms with Gasteiger partial charge in [0.15, 0.2) is 0 Å². The van der Waals surface area contributed by atoms with Gasteiger partial charge in [-0.1, -0.05) is 26.7 Å². The quantitative estimate of drug-likeness (QED) is 0.514. The molecule has 1 radical (unpaired) electrons. The van der Waals surface area contributed by atoms with Crippen LogP contribution in [0.3, 0.4) is 0 Å². The van der Waals surface area contributed by atoms with Crippen LogP contribution < -0.4 is 0 Å². The summed E-state index contributed by atoms with van der Waals surface area (Å²) in [6.45, 7) is 4.60. The van der Waals surface area contributed by atoms with Gasteiger partial charge < -0.3 is 0 Å². The molecule has 0 aromatic heterocycles. The molecule has 0 amide bonds. The summed E-state index contributed by atoms with van der Waals surface area (Å²) >= 11 is 0. The van der Waals surface area contributed by atoms with Gasteiger partial charge in [-0.3, -0.25) is 0 Å². The zero-order valence-electron chi connectivity index (χ0n) is 5.91. The minimum Gasteiger partial charge on any atom is -0.0649 e. The van der Waals surface area contributed by atoms with Gasteiger partial charge in [0, 0.05) is 0 Å². The van der Waals surface area contributed by atoms with Crippen LogP contribution in [0.15, 0.2) is 0 Å². The Balaban J connectivity index is 2.33. The van der Waals surface area contributed by atoms with Gasteiger partial charge in [-0.05, 0) is 24.7 Å². The second-order valence-electron chi connectivity index (χ2n) is 2.90. The Kier molecular flexibility index (Phi) is 1.59. The van der Waals surface area contributed by atoms with E-state index in [1.165, 1.54) is 25.7 Å². The maximum absolute atomic E-state index is 2.40. The zero-order chi connectivity index (χ0) is 6.04. The van der Waals surface area contributed by atoms with E-state index in [4.69, 9.17) is 0 Å². The Morgan fingerprint density at radius 3 is 1.75 bits per heavy atom. The molecule has 0 saturated heterocycles. The summed E-state index contributed by atoms with van der Waals surface area (Å²) in [4.78, 5) is 0. The maximum Gasteiger partial charge on any atom is -0.0297 e. The average Bonchev–Trinajstić information content (AvgIpc) is 1.67. The highest BCUT2D eigenvalue weighted by Crippen LogP contribution is 2.45. The van der Waals surface area contributed by atoms with Crippen LogP contribution in [0.2, 0.25) is 0 Å². The first kappa shape index (κ1) is 6.12. The van der Waals surface area contributed by atoms with Gasteiger partial charge in [0.1, 0.15) is 0 Å². The molecule has 1 rings (SSSR count). The van der Waals surface area contributed by atoms with E-state index in [0.29, 0.717) is 0 Å². The SMILES string of the molecule is CCC1(CC)C[CH]C1. The van der Waals surface area contributed by atoms with Gasteiger partial charge in [0.05, 0.1) is 0 Å². The first-order valence-electron chi connectivity index (χ1n) is 3.64. The predicted molar refractivity (Wildman–Crippen MR) is 36.5 cm³/mol. The molecule has 0 atom stereocenters. The van der Waals surface area contributed by atoms with E-state index in [1.807, 2.05) is 0 Å². The van der Waals surface area contributed by atoms with Crippen molar-refractivity contribution in [2.75, 3.05) is 0 Å². The van der Waals surface area contributed by atoms with Crippen molar-refractivity contribution in [3.8, 4) is 0 Å². The van der Waals surface area contributed by atoms with Crippen molar-refractivity contribution in [3.63, 3.8) is 0 Å². The third-order valence-electron chi connectivity index (χ3n) is 2.65. The van der Waals surface area contributed by atoms with Gasteiger partial charge in [-0.15, -0.1) is 0 Å². The fraction of sp³-hybridized carbons (Fsp3) is 0.875. The van der Waals surface area contributed by atoms with Gasteiger partial charge in [-0.25, -0.2) is 0 Å². The van der Waals surface area contributed by atoms with Gasteiger partial charge in [-0.2, -0.15) is 0 Å². The Labute approximate surface area is 52.3 Å². The lowest BCUT2D eigenvalue weighted by atomic mass is 9.65. The standard InChI is InChI=1S/C8H15/c1-3-8(4-2)6-5-7-8/h5H,3-4,6-7H2,1-2H3. The monoisotopic (exact) mass is 111 g/mol. The Morgan fingerprint density at radius 2 is 1.75 bits per heavy atom. The molecule has 1 aliphatic rings. The molecule has 0 N–H and O–H groups in total. The molecule has 0 nitrogen and oxygen atoms in total. The molecular formula is C8H15. The van der Waals surface area contributed by atoms with E-state index in [0.717, 1.165) is 5.41 Å². The minimum absolute atomic E-state index is 0.750. The van der Waals surface area contributed by atoms with Crippen molar-refractivity contribution in [1.29, 1.82) is 0 Å². The second-order valence-corrected chi connectivity index (χ2v) is 2.90. The molecule has 0 spiro atoms. The highest BCUT2D eigenvalue weighted by molar-refractivity contribution is 4.96. The van der Waals surface area contributed by atoms with Crippen molar-refractivity contribution >= 4 is 0 Å². The van der Waals surface area contributed by atoms with E-state index >= 15 is 0 Å². The summed E-state index contributed by atoms with van der Waals surface area (Å²) in [5, 5.41) is 0. The average molecular weight is 111 g/mol. The van der Waals surface area contributed by atoms with Gasteiger partial charge in [0.25, 0.3) is 0 Å². The third kappa shape index (κ3) is 0.765. The molecule has 0 unspecified atom stereocenters. The molecule has 0 aromatic rings. The van der Waals surface area contributed by atoms with Crippen LogP contribution in [0.4, 0.5) is 0 Å². The van der Waals surface area contributed by atoms with Crippen molar-refractivity contribution in [1.82, 2.24) is 0 Å². The molecular weight excluding hydrogens is 96.1 g/mol. The second kappa shape index (κ2) is 2.08. The summed E-state index contributed by atoms with van der Waals surface area (Å²) in [7, 11) is 0. The number of rotatable bonds is 2. The highest BCUT2D eigenvalue weighted by atomic mass is 14.4. The van der Waals surface area contributed by atoms with Gasteiger partial charge in [0.2, 0.25) is 0 Å². The molecule has 8 heavy (non-hydrogen) atoms. The van der Waals surface area contributed by atoms with E-state index in [-0.39, 0.29) is 0 Å². The van der Waals surface area contributed by atoms with E-state index in [2.05, 4.69) is 20.3 Å². The summed E-state index contributed by atoms with van der Waals surface area (Å²) in [5.41, 5.74) is 0.750. The lowest BCUT2D eigenvalue weighted by Crippen LogP contribution is -2.27. The first-order valence-corrected chi connectivity index (χ1v) is 3.64. The first-order chi connectivity index (χ1) is 3.83. The molecule has 0 heterocycles. The Morgan fingerprint density at radius 1 is 1.25 bits per heavy atom. The minimum atomic E-state index is 0.750. The molecule has 1 aliphatic carbocycles. The van der Waals surface area contributed by atoms with Crippen LogP contribution in [0, 0.1) is 11.8 Å². The third-order valence-corrected chi connectivity index (χ3v) is 2.65. The van der Waals surface area contributed by atoms with Crippen LogP contribution in [-0.2, 0) is 0 Å². The van der Waals surface area contributed by atoms with Crippen LogP contribution >= 0.6 is 0 Å². The molecule has 0 heteroatoms. The fourth-order valence-electron chi connectivity index (χ4n) is 1.38. The lowest BCUT2D eigenvalue weighted by Gasteiger charge is -2.40. The van der Waals surface area contributed by atoms with E-state index in [9.17, 15) is 0 Å². The van der Waals surface area contributed by atoms with Crippen molar-refractivity contribution in [2.45, 2.75) is 39.5 Å². The van der Waals surface area contributed by atoms with Crippen LogP contribution in [0.5, 0.6) is 0 Å². The smallest absolute Gasteiger partial charge is 0.0297 e. The molecule has 0 aromatic carbocycles. The van der Waals surface area contributed by atoms with Gasteiger partial charge >= 0.3 is 0 Å². The van der Waals surface area contributed by atoms with E-state index < -0.39 is 0 Å². The van der Waals surface area contributed by atoms with Crippen LogP contribution in [0.25, 0.3) is 0 Å². The molecule has 0 aliphatic heterocycles. The van der Waals surface area contributed by atoms with Crippen molar-refractivity contribution in [3.05, 3.63) is 6.42 Å².